The normalized spacial score (nSPS) is 21.1. The number of carbonyl (C=O) groups is 2. The molecule has 72 valence electrons. The van der Waals surface area contributed by atoms with Crippen LogP contribution < -0.4 is 0 Å². The number of benzene rings is 1. The van der Waals surface area contributed by atoms with Crippen LogP contribution in [0.25, 0.3) is 0 Å². The number of hydrogen-bond donors (Lipinski definition) is 0. The van der Waals surface area contributed by atoms with Crippen molar-refractivity contribution in [2.45, 2.75) is 12.3 Å². The molecule has 1 heterocycles. The predicted molar refractivity (Wildman–Crippen MR) is 44.9 cm³/mol. The number of cyclic esters (lactones) is 2. The highest BCUT2D eigenvalue weighted by Gasteiger charge is 2.35. The summed E-state index contributed by atoms with van der Waals surface area (Å²) in [5, 5.41) is 0. The van der Waals surface area contributed by atoms with Crippen molar-refractivity contribution in [2.24, 2.45) is 0 Å². The van der Waals surface area contributed by atoms with E-state index in [9.17, 15) is 14.0 Å². The molecular formula is C10H7FO3. The largest absolute Gasteiger partial charge is 0.393 e. The third-order valence-corrected chi connectivity index (χ3v) is 2.15. The van der Waals surface area contributed by atoms with E-state index < -0.39 is 23.7 Å². The number of halogens is 1. The Morgan fingerprint density at radius 2 is 2.00 bits per heavy atom. The monoisotopic (exact) mass is 194 g/mol. The lowest BCUT2D eigenvalue weighted by atomic mass is 9.97. The van der Waals surface area contributed by atoms with Crippen molar-refractivity contribution in [1.29, 1.82) is 0 Å². The average Bonchev–Trinajstić information content (AvgIpc) is 2.46. The number of ether oxygens (including phenoxy) is 1. The van der Waals surface area contributed by atoms with Gasteiger partial charge in [-0.25, -0.2) is 4.39 Å². The van der Waals surface area contributed by atoms with Crippen LogP contribution >= 0.6 is 0 Å². The lowest BCUT2D eigenvalue weighted by Gasteiger charge is -2.04. The van der Waals surface area contributed by atoms with Gasteiger partial charge in [-0.05, 0) is 6.07 Å². The van der Waals surface area contributed by atoms with Crippen molar-refractivity contribution in [2.75, 3.05) is 0 Å². The highest BCUT2D eigenvalue weighted by molar-refractivity contribution is 5.97. The Labute approximate surface area is 79.5 Å². The van der Waals surface area contributed by atoms with E-state index in [-0.39, 0.29) is 12.0 Å². The van der Waals surface area contributed by atoms with E-state index >= 15 is 0 Å². The topological polar surface area (TPSA) is 43.4 Å². The highest BCUT2D eigenvalue weighted by Crippen LogP contribution is 2.28. The van der Waals surface area contributed by atoms with Gasteiger partial charge >= 0.3 is 11.9 Å². The Bertz CT molecular complexity index is 400. The van der Waals surface area contributed by atoms with E-state index in [1.165, 1.54) is 18.2 Å². The quantitative estimate of drug-likeness (QED) is 0.501. The van der Waals surface area contributed by atoms with E-state index in [0.29, 0.717) is 0 Å². The third-order valence-electron chi connectivity index (χ3n) is 2.15. The van der Waals surface area contributed by atoms with Crippen molar-refractivity contribution < 1.29 is 18.7 Å². The second-order valence-electron chi connectivity index (χ2n) is 3.07. The maximum atomic E-state index is 13.2. The number of rotatable bonds is 1. The van der Waals surface area contributed by atoms with Crippen LogP contribution in [0.15, 0.2) is 24.3 Å². The van der Waals surface area contributed by atoms with Gasteiger partial charge in [0.2, 0.25) is 0 Å². The zero-order valence-corrected chi connectivity index (χ0v) is 7.20. The summed E-state index contributed by atoms with van der Waals surface area (Å²) in [6.45, 7) is 0. The van der Waals surface area contributed by atoms with Gasteiger partial charge in [0.25, 0.3) is 0 Å². The van der Waals surface area contributed by atoms with Crippen LogP contribution in [-0.4, -0.2) is 11.9 Å². The molecule has 1 aromatic carbocycles. The van der Waals surface area contributed by atoms with Crippen LogP contribution in [0.3, 0.4) is 0 Å². The minimum absolute atomic E-state index is 0.0697. The Hall–Kier alpha value is -1.71. The lowest BCUT2D eigenvalue weighted by molar-refractivity contribution is -0.152. The van der Waals surface area contributed by atoms with Gasteiger partial charge < -0.3 is 4.74 Å². The van der Waals surface area contributed by atoms with Crippen LogP contribution in [0.4, 0.5) is 4.39 Å². The average molecular weight is 194 g/mol. The van der Waals surface area contributed by atoms with Gasteiger partial charge in [-0.1, -0.05) is 18.2 Å². The first-order valence-corrected chi connectivity index (χ1v) is 4.17. The predicted octanol–water partition coefficient (Wildman–Crippen LogP) is 1.38. The van der Waals surface area contributed by atoms with E-state index in [1.807, 2.05) is 0 Å². The summed E-state index contributed by atoms with van der Waals surface area (Å²) in [6.07, 6.45) is -0.0697. The first kappa shape index (κ1) is 8.87. The summed E-state index contributed by atoms with van der Waals surface area (Å²) in [5.74, 6) is -2.52. The van der Waals surface area contributed by atoms with Crippen LogP contribution in [0.5, 0.6) is 0 Å². The van der Waals surface area contributed by atoms with E-state index in [2.05, 4.69) is 4.74 Å². The number of carbonyl (C=O) groups excluding carboxylic acids is 2. The van der Waals surface area contributed by atoms with Crippen molar-refractivity contribution in [3.63, 3.8) is 0 Å². The van der Waals surface area contributed by atoms with Gasteiger partial charge in [-0.3, -0.25) is 9.59 Å². The van der Waals surface area contributed by atoms with Crippen molar-refractivity contribution in [3.8, 4) is 0 Å². The van der Waals surface area contributed by atoms with Crippen LogP contribution in [0.2, 0.25) is 0 Å². The molecular weight excluding hydrogens is 187 g/mol. The number of esters is 2. The Morgan fingerprint density at radius 1 is 1.29 bits per heavy atom. The molecule has 0 unspecified atom stereocenters. The summed E-state index contributed by atoms with van der Waals surface area (Å²) in [5.41, 5.74) is 0.225. The molecule has 0 saturated carbocycles. The summed E-state index contributed by atoms with van der Waals surface area (Å²) in [7, 11) is 0. The molecule has 0 aliphatic carbocycles. The van der Waals surface area contributed by atoms with Gasteiger partial charge in [0.15, 0.2) is 0 Å². The zero-order valence-electron chi connectivity index (χ0n) is 7.20. The Kier molecular flexibility index (Phi) is 2.04. The van der Waals surface area contributed by atoms with Gasteiger partial charge in [0.1, 0.15) is 5.82 Å². The standard InChI is InChI=1S/C10H7FO3/c11-8-4-2-1-3-6(8)7-5-9(12)14-10(7)13/h1-4,7H,5H2/t7-/m0/s1. The molecule has 1 aliphatic rings. The van der Waals surface area contributed by atoms with Crippen molar-refractivity contribution in [3.05, 3.63) is 35.6 Å². The van der Waals surface area contributed by atoms with Crippen LogP contribution in [0.1, 0.15) is 17.9 Å². The molecule has 1 saturated heterocycles. The van der Waals surface area contributed by atoms with Gasteiger partial charge in [0, 0.05) is 5.56 Å². The summed E-state index contributed by atoms with van der Waals surface area (Å²) in [4.78, 5) is 21.9. The molecule has 1 aromatic rings. The van der Waals surface area contributed by atoms with Gasteiger partial charge in [-0.15, -0.1) is 0 Å². The molecule has 0 aromatic heterocycles. The highest BCUT2D eigenvalue weighted by atomic mass is 19.1. The molecule has 0 spiro atoms. The summed E-state index contributed by atoms with van der Waals surface area (Å²) in [6, 6.07) is 5.89. The molecule has 4 heteroatoms. The molecule has 2 rings (SSSR count). The van der Waals surface area contributed by atoms with Crippen LogP contribution in [-0.2, 0) is 14.3 Å². The van der Waals surface area contributed by atoms with Crippen molar-refractivity contribution in [1.82, 2.24) is 0 Å². The first-order valence-electron chi connectivity index (χ1n) is 4.17. The lowest BCUT2D eigenvalue weighted by Crippen LogP contribution is -2.07. The molecule has 1 aliphatic heterocycles. The molecule has 0 amide bonds. The zero-order chi connectivity index (χ0) is 10.1. The fourth-order valence-corrected chi connectivity index (χ4v) is 1.47. The second kappa shape index (κ2) is 3.21. The SMILES string of the molecule is O=C1C[C@@H](c2ccccc2F)C(=O)O1. The van der Waals surface area contributed by atoms with E-state index in [0.717, 1.165) is 0 Å². The van der Waals surface area contributed by atoms with Gasteiger partial charge in [-0.2, -0.15) is 0 Å². The second-order valence-corrected chi connectivity index (χ2v) is 3.07. The molecule has 0 bridgehead atoms. The maximum absolute atomic E-state index is 13.2. The number of hydrogen-bond acceptors (Lipinski definition) is 3. The molecule has 1 atom stereocenters. The first-order chi connectivity index (χ1) is 6.68. The molecule has 0 radical (unpaired) electrons. The van der Waals surface area contributed by atoms with Gasteiger partial charge in [0.05, 0.1) is 12.3 Å². The maximum Gasteiger partial charge on any atom is 0.321 e. The summed E-state index contributed by atoms with van der Waals surface area (Å²) < 4.78 is 17.6. The Balaban J connectivity index is 2.36. The minimum Gasteiger partial charge on any atom is -0.393 e. The minimum atomic E-state index is -0.774. The van der Waals surface area contributed by atoms with Crippen LogP contribution in [0, 0.1) is 5.82 Å². The Morgan fingerprint density at radius 3 is 2.57 bits per heavy atom. The van der Waals surface area contributed by atoms with E-state index in [4.69, 9.17) is 0 Å². The smallest absolute Gasteiger partial charge is 0.321 e. The van der Waals surface area contributed by atoms with E-state index in [1.54, 1.807) is 6.07 Å². The summed E-state index contributed by atoms with van der Waals surface area (Å²) >= 11 is 0. The molecule has 1 fully saturated rings. The molecule has 14 heavy (non-hydrogen) atoms. The molecule has 3 nitrogen and oxygen atoms in total. The molecule has 0 N–H and O–H groups in total. The fourth-order valence-electron chi connectivity index (χ4n) is 1.47. The van der Waals surface area contributed by atoms with Crippen molar-refractivity contribution >= 4 is 11.9 Å². The third kappa shape index (κ3) is 1.39. The fraction of sp³-hybridized carbons (Fsp3) is 0.200.